The Kier molecular flexibility index (Phi) is 4.89. The average Bonchev–Trinajstić information content (AvgIpc) is 3.20. The lowest BCUT2D eigenvalue weighted by Crippen LogP contribution is -2.37. The molecule has 2 N–H and O–H groups in total. The Bertz CT molecular complexity index is 1120. The van der Waals surface area contributed by atoms with Crippen LogP contribution in [0.1, 0.15) is 36.2 Å². The number of phenolic OH excluding ortho intramolecular Hbond substituents is 1. The Morgan fingerprint density at radius 3 is 2.79 bits per heavy atom. The molecular weight excluding hydrogens is 366 g/mol. The largest absolute Gasteiger partial charge is 0.508 e. The van der Waals surface area contributed by atoms with E-state index in [0.717, 1.165) is 27.7 Å². The van der Waals surface area contributed by atoms with Crippen LogP contribution in [0.25, 0.3) is 10.9 Å². The number of nitriles is 1. The minimum Gasteiger partial charge on any atom is -0.508 e. The van der Waals surface area contributed by atoms with Gasteiger partial charge >= 0.3 is 6.09 Å². The lowest BCUT2D eigenvalue weighted by Gasteiger charge is -2.16. The van der Waals surface area contributed by atoms with Gasteiger partial charge in [-0.1, -0.05) is 30.3 Å². The van der Waals surface area contributed by atoms with Crippen molar-refractivity contribution in [3.8, 4) is 11.8 Å². The quantitative estimate of drug-likeness (QED) is 0.709. The lowest BCUT2D eigenvalue weighted by atomic mass is 10.1. The van der Waals surface area contributed by atoms with E-state index in [0.29, 0.717) is 24.9 Å². The molecular formula is C23H23N3O3. The normalized spacial score (nSPS) is 15.3. The second kappa shape index (κ2) is 7.51. The molecule has 148 valence electrons. The fraction of sp³-hybridized carbons (Fsp3) is 0.304. The molecule has 1 unspecified atom stereocenters. The summed E-state index contributed by atoms with van der Waals surface area (Å²) in [5, 5.41) is 23.9. The average molecular weight is 389 g/mol. The number of aromatic hydroxyl groups is 1. The smallest absolute Gasteiger partial charge is 0.407 e. The number of nitrogens with zero attached hydrogens (tertiary/aromatic N) is 2. The first-order chi connectivity index (χ1) is 14.0. The topological polar surface area (TPSA) is 87.3 Å². The number of fused-ring (bicyclic) bond motifs is 3. The van der Waals surface area contributed by atoms with Gasteiger partial charge in [0.05, 0.1) is 23.7 Å². The van der Waals surface area contributed by atoms with Gasteiger partial charge < -0.3 is 19.7 Å². The van der Waals surface area contributed by atoms with Crippen molar-refractivity contribution in [2.75, 3.05) is 0 Å². The number of rotatable bonds is 4. The van der Waals surface area contributed by atoms with E-state index in [2.05, 4.69) is 16.0 Å². The summed E-state index contributed by atoms with van der Waals surface area (Å²) in [6.45, 7) is 4.10. The van der Waals surface area contributed by atoms with Crippen molar-refractivity contribution in [2.24, 2.45) is 0 Å². The molecule has 2 aromatic carbocycles. The van der Waals surface area contributed by atoms with E-state index in [1.807, 2.05) is 44.2 Å². The summed E-state index contributed by atoms with van der Waals surface area (Å²) in [7, 11) is 0. The maximum absolute atomic E-state index is 12.1. The number of nitrogens with one attached hydrogen (secondary N) is 1. The maximum Gasteiger partial charge on any atom is 0.407 e. The highest BCUT2D eigenvalue weighted by Crippen LogP contribution is 2.36. The maximum atomic E-state index is 12.1. The van der Waals surface area contributed by atoms with Gasteiger partial charge in [-0.05, 0) is 38.0 Å². The molecule has 1 atom stereocenters. The van der Waals surface area contributed by atoms with Crippen LogP contribution in [-0.2, 0) is 24.1 Å². The number of alkyl carbamates (subject to hydrolysis) is 1. The van der Waals surface area contributed by atoms with Crippen LogP contribution in [0.5, 0.6) is 5.75 Å². The van der Waals surface area contributed by atoms with E-state index in [4.69, 9.17) is 4.74 Å². The van der Waals surface area contributed by atoms with Crippen LogP contribution in [-0.4, -0.2) is 27.9 Å². The van der Waals surface area contributed by atoms with Gasteiger partial charge in [-0.3, -0.25) is 0 Å². The lowest BCUT2D eigenvalue weighted by molar-refractivity contribution is 0.112. The molecule has 0 saturated heterocycles. The molecule has 0 spiro atoms. The van der Waals surface area contributed by atoms with E-state index in [1.165, 1.54) is 0 Å². The van der Waals surface area contributed by atoms with Crippen molar-refractivity contribution in [1.82, 2.24) is 9.88 Å². The number of phenols is 1. The number of carbonyl (C=O) groups excluding carboxylic acids is 1. The zero-order valence-electron chi connectivity index (χ0n) is 16.5. The molecule has 1 aliphatic rings. The van der Waals surface area contributed by atoms with Gasteiger partial charge in [0.1, 0.15) is 11.8 Å². The van der Waals surface area contributed by atoms with E-state index < -0.39 is 6.09 Å². The van der Waals surface area contributed by atoms with Crippen LogP contribution < -0.4 is 5.32 Å². The van der Waals surface area contributed by atoms with Crippen molar-refractivity contribution in [3.63, 3.8) is 0 Å². The minimum absolute atomic E-state index is 0.0583. The molecule has 6 heteroatoms. The van der Waals surface area contributed by atoms with Gasteiger partial charge in [-0.2, -0.15) is 5.26 Å². The van der Waals surface area contributed by atoms with Crippen LogP contribution in [0.2, 0.25) is 0 Å². The Morgan fingerprint density at radius 2 is 2.07 bits per heavy atom. The van der Waals surface area contributed by atoms with Gasteiger partial charge in [0, 0.05) is 29.1 Å². The highest BCUT2D eigenvalue weighted by Gasteiger charge is 2.31. The standard InChI is InChI=1S/C23H23N3O3/c1-14(2)29-23(28)25-17-10-19-18-8-5-7-15(12-24)22(18)26(20(19)11-17)13-16-6-3-4-9-21(16)27/h3-9,14,17,27H,10-11,13H2,1-2H3,(H,25,28). The monoisotopic (exact) mass is 389 g/mol. The fourth-order valence-corrected chi connectivity index (χ4v) is 4.14. The molecule has 0 fully saturated rings. The number of benzene rings is 2. The molecule has 0 aliphatic heterocycles. The number of hydrogen-bond acceptors (Lipinski definition) is 4. The van der Waals surface area contributed by atoms with Crippen molar-refractivity contribution < 1.29 is 14.6 Å². The third-order valence-electron chi connectivity index (χ3n) is 5.30. The first kappa shape index (κ1) is 18.9. The Hall–Kier alpha value is -3.46. The summed E-state index contributed by atoms with van der Waals surface area (Å²) >= 11 is 0. The van der Waals surface area contributed by atoms with Crippen LogP contribution in [0.4, 0.5) is 4.79 Å². The van der Waals surface area contributed by atoms with Gasteiger partial charge in [-0.15, -0.1) is 0 Å². The number of amides is 1. The molecule has 1 heterocycles. The molecule has 29 heavy (non-hydrogen) atoms. The number of ether oxygens (including phenoxy) is 1. The van der Waals surface area contributed by atoms with Gasteiger partial charge in [0.15, 0.2) is 0 Å². The van der Waals surface area contributed by atoms with E-state index in [9.17, 15) is 15.2 Å². The molecule has 0 radical (unpaired) electrons. The fourth-order valence-electron chi connectivity index (χ4n) is 4.14. The predicted octanol–water partition coefficient (Wildman–Crippen LogP) is 3.87. The molecule has 3 aromatic rings. The predicted molar refractivity (Wildman–Crippen MR) is 110 cm³/mol. The summed E-state index contributed by atoms with van der Waals surface area (Å²) in [4.78, 5) is 12.1. The Balaban J connectivity index is 1.74. The molecule has 1 aromatic heterocycles. The summed E-state index contributed by atoms with van der Waals surface area (Å²) in [5.74, 6) is 0.228. The SMILES string of the molecule is CC(C)OC(=O)NC1Cc2c(n(Cc3ccccc3O)c3c(C#N)cccc23)C1. The summed E-state index contributed by atoms with van der Waals surface area (Å²) in [6, 6.07) is 15.2. The van der Waals surface area contributed by atoms with Crippen LogP contribution in [0.15, 0.2) is 42.5 Å². The third-order valence-corrected chi connectivity index (χ3v) is 5.30. The second-order valence-electron chi connectivity index (χ2n) is 7.66. The van der Waals surface area contributed by atoms with Crippen molar-refractivity contribution in [2.45, 2.75) is 45.4 Å². The highest BCUT2D eigenvalue weighted by atomic mass is 16.6. The van der Waals surface area contributed by atoms with E-state index in [-0.39, 0.29) is 17.9 Å². The molecule has 1 amide bonds. The first-order valence-electron chi connectivity index (χ1n) is 9.75. The highest BCUT2D eigenvalue weighted by molar-refractivity contribution is 5.91. The Labute approximate surface area is 169 Å². The van der Waals surface area contributed by atoms with Gasteiger partial charge in [0.2, 0.25) is 0 Å². The molecule has 6 nitrogen and oxygen atoms in total. The molecule has 0 bridgehead atoms. The van der Waals surface area contributed by atoms with E-state index in [1.54, 1.807) is 12.1 Å². The third kappa shape index (κ3) is 3.52. The zero-order valence-corrected chi connectivity index (χ0v) is 16.5. The van der Waals surface area contributed by atoms with Crippen LogP contribution in [0, 0.1) is 11.3 Å². The van der Waals surface area contributed by atoms with Crippen molar-refractivity contribution >= 4 is 17.0 Å². The first-order valence-corrected chi connectivity index (χ1v) is 9.75. The van der Waals surface area contributed by atoms with Gasteiger partial charge in [-0.25, -0.2) is 4.79 Å². The van der Waals surface area contributed by atoms with Crippen LogP contribution in [0.3, 0.4) is 0 Å². The molecule has 4 rings (SSSR count). The number of aromatic nitrogens is 1. The second-order valence-corrected chi connectivity index (χ2v) is 7.66. The van der Waals surface area contributed by atoms with Gasteiger partial charge in [0.25, 0.3) is 0 Å². The van der Waals surface area contributed by atoms with Crippen LogP contribution >= 0.6 is 0 Å². The van der Waals surface area contributed by atoms with Crippen molar-refractivity contribution in [3.05, 3.63) is 64.8 Å². The molecule has 1 aliphatic carbocycles. The summed E-state index contributed by atoms with van der Waals surface area (Å²) < 4.78 is 7.33. The number of para-hydroxylation sites is 2. The summed E-state index contributed by atoms with van der Waals surface area (Å²) in [6.07, 6.45) is 0.745. The number of carbonyl (C=O) groups is 1. The molecule has 0 saturated carbocycles. The van der Waals surface area contributed by atoms with E-state index >= 15 is 0 Å². The van der Waals surface area contributed by atoms with Crippen molar-refractivity contribution in [1.29, 1.82) is 5.26 Å². The minimum atomic E-state index is -0.413. The summed E-state index contributed by atoms with van der Waals surface area (Å²) in [5.41, 5.74) is 4.50. The zero-order chi connectivity index (χ0) is 20.5. The Morgan fingerprint density at radius 1 is 1.28 bits per heavy atom. The number of hydrogen-bond donors (Lipinski definition) is 2.